The van der Waals surface area contributed by atoms with Crippen LogP contribution in [0.4, 0.5) is 5.69 Å². The molecule has 0 aliphatic rings. The molecule has 0 spiro atoms. The maximum Gasteiger partial charge on any atom is 0.272 e. The highest BCUT2D eigenvalue weighted by Gasteiger charge is 2.22. The van der Waals surface area contributed by atoms with Gasteiger partial charge >= 0.3 is 0 Å². The summed E-state index contributed by atoms with van der Waals surface area (Å²) in [7, 11) is 0. The Labute approximate surface area is 106 Å². The van der Waals surface area contributed by atoms with Gasteiger partial charge in [0.1, 0.15) is 0 Å². The summed E-state index contributed by atoms with van der Waals surface area (Å²) in [6.45, 7) is 5.99. The number of aromatic nitrogens is 2. The molecule has 0 saturated heterocycles. The molecule has 1 amide bonds. The van der Waals surface area contributed by atoms with E-state index in [0.717, 1.165) is 17.3 Å². The normalized spacial score (nSPS) is 11.7. The second kappa shape index (κ2) is 4.33. The molecule has 0 saturated carbocycles. The fourth-order valence-electron chi connectivity index (χ4n) is 1.66. The maximum atomic E-state index is 12.2. The summed E-state index contributed by atoms with van der Waals surface area (Å²) < 4.78 is 0. The first-order chi connectivity index (χ1) is 8.43. The molecule has 5 nitrogen and oxygen atoms in total. The zero-order valence-electron chi connectivity index (χ0n) is 10.9. The van der Waals surface area contributed by atoms with Crippen LogP contribution in [0.3, 0.4) is 0 Å². The highest BCUT2D eigenvalue weighted by Crippen LogP contribution is 2.19. The average Bonchev–Trinajstić information content (AvgIpc) is 2.71. The lowest BCUT2D eigenvalue weighted by molar-refractivity contribution is 0.0908. The molecule has 0 radical (unpaired) electrons. The third-order valence-electron chi connectivity index (χ3n) is 3.14. The number of nitrogens with zero attached hydrogens (tertiary/aromatic N) is 1. The maximum absolute atomic E-state index is 12.2. The van der Waals surface area contributed by atoms with Gasteiger partial charge in [0.25, 0.3) is 5.91 Å². The second-order valence-electron chi connectivity index (χ2n) is 5.07. The summed E-state index contributed by atoms with van der Waals surface area (Å²) in [6, 6.07) is 5.35. The van der Waals surface area contributed by atoms with Crippen molar-refractivity contribution in [1.82, 2.24) is 15.5 Å². The van der Waals surface area contributed by atoms with E-state index in [2.05, 4.69) is 15.5 Å². The zero-order valence-corrected chi connectivity index (χ0v) is 10.9. The number of aromatic amines is 1. The Kier molecular flexibility index (Phi) is 2.98. The molecule has 2 rings (SSSR count). The Hall–Kier alpha value is -2.04. The Morgan fingerprint density at radius 1 is 1.50 bits per heavy atom. The highest BCUT2D eigenvalue weighted by atomic mass is 16.2. The summed E-state index contributed by atoms with van der Waals surface area (Å²) in [6.07, 6.45) is 0.850. The Morgan fingerprint density at radius 2 is 2.22 bits per heavy atom. The molecule has 1 aromatic heterocycles. The predicted molar refractivity (Wildman–Crippen MR) is 72.3 cm³/mol. The number of anilines is 1. The topological polar surface area (TPSA) is 83.8 Å². The number of amides is 1. The molecular weight excluding hydrogens is 228 g/mol. The molecule has 0 aliphatic carbocycles. The van der Waals surface area contributed by atoms with E-state index in [9.17, 15) is 4.79 Å². The van der Waals surface area contributed by atoms with Crippen molar-refractivity contribution in [3.05, 3.63) is 23.9 Å². The average molecular weight is 246 g/mol. The van der Waals surface area contributed by atoms with Crippen LogP contribution >= 0.6 is 0 Å². The first-order valence-electron chi connectivity index (χ1n) is 5.99. The van der Waals surface area contributed by atoms with Crippen molar-refractivity contribution < 1.29 is 4.79 Å². The van der Waals surface area contributed by atoms with Gasteiger partial charge in [0.05, 0.1) is 5.52 Å². The molecule has 18 heavy (non-hydrogen) atoms. The van der Waals surface area contributed by atoms with Crippen molar-refractivity contribution in [3.8, 4) is 0 Å². The highest BCUT2D eigenvalue weighted by molar-refractivity contribution is 6.05. The number of nitrogens with one attached hydrogen (secondary N) is 2. The summed E-state index contributed by atoms with van der Waals surface area (Å²) >= 11 is 0. The van der Waals surface area contributed by atoms with Gasteiger partial charge in [-0.25, -0.2) is 0 Å². The summed E-state index contributed by atoms with van der Waals surface area (Å²) in [4.78, 5) is 12.2. The van der Waals surface area contributed by atoms with Gasteiger partial charge in [-0.05, 0) is 38.5 Å². The van der Waals surface area contributed by atoms with Crippen LogP contribution in [0.2, 0.25) is 0 Å². The predicted octanol–water partition coefficient (Wildman–Crippen LogP) is 2.06. The van der Waals surface area contributed by atoms with Crippen LogP contribution in [-0.2, 0) is 0 Å². The zero-order chi connectivity index (χ0) is 13.3. The number of rotatable bonds is 3. The Morgan fingerprint density at radius 3 is 2.89 bits per heavy atom. The lowest BCUT2D eigenvalue weighted by atomic mass is 10.0. The van der Waals surface area contributed by atoms with Gasteiger partial charge in [0, 0.05) is 16.6 Å². The monoisotopic (exact) mass is 246 g/mol. The minimum absolute atomic E-state index is 0.182. The first kappa shape index (κ1) is 12.4. The van der Waals surface area contributed by atoms with Crippen LogP contribution in [0.5, 0.6) is 0 Å². The van der Waals surface area contributed by atoms with E-state index in [0.29, 0.717) is 11.4 Å². The second-order valence-corrected chi connectivity index (χ2v) is 5.07. The van der Waals surface area contributed by atoms with Crippen LogP contribution in [0.1, 0.15) is 37.7 Å². The van der Waals surface area contributed by atoms with Crippen molar-refractivity contribution in [2.75, 3.05) is 5.73 Å². The third kappa shape index (κ3) is 2.30. The molecule has 0 aliphatic heterocycles. The summed E-state index contributed by atoms with van der Waals surface area (Å²) in [5.74, 6) is -0.182. The minimum Gasteiger partial charge on any atom is -0.399 e. The standard InChI is InChI=1S/C13H18N4O/c1-4-13(2,3)15-12(18)11-9-7-8(14)5-6-10(9)16-17-11/h5-7H,4,14H2,1-3H3,(H,15,18)(H,16,17). The number of H-pyrrole nitrogens is 1. The molecule has 1 aromatic carbocycles. The minimum atomic E-state index is -0.247. The van der Waals surface area contributed by atoms with Gasteiger partial charge in [0.2, 0.25) is 0 Å². The van der Waals surface area contributed by atoms with E-state index in [1.807, 2.05) is 26.8 Å². The lowest BCUT2D eigenvalue weighted by Gasteiger charge is -2.23. The molecule has 5 heteroatoms. The number of carbonyl (C=O) groups is 1. The van der Waals surface area contributed by atoms with Crippen LogP contribution in [0.15, 0.2) is 18.2 Å². The number of hydrogen-bond donors (Lipinski definition) is 3. The van der Waals surface area contributed by atoms with E-state index in [-0.39, 0.29) is 11.4 Å². The molecule has 0 bridgehead atoms. The van der Waals surface area contributed by atoms with Gasteiger partial charge in [-0.3, -0.25) is 9.89 Å². The largest absolute Gasteiger partial charge is 0.399 e. The van der Waals surface area contributed by atoms with E-state index < -0.39 is 0 Å². The van der Waals surface area contributed by atoms with E-state index in [1.54, 1.807) is 12.1 Å². The quantitative estimate of drug-likeness (QED) is 0.725. The van der Waals surface area contributed by atoms with Crippen LogP contribution in [0, 0.1) is 0 Å². The van der Waals surface area contributed by atoms with Gasteiger partial charge < -0.3 is 11.1 Å². The first-order valence-corrected chi connectivity index (χ1v) is 5.99. The number of carbonyl (C=O) groups excluding carboxylic acids is 1. The van der Waals surface area contributed by atoms with Gasteiger partial charge in [-0.1, -0.05) is 6.92 Å². The van der Waals surface area contributed by atoms with Crippen LogP contribution in [-0.4, -0.2) is 21.6 Å². The molecule has 0 atom stereocenters. The number of fused-ring (bicyclic) bond motifs is 1. The summed E-state index contributed by atoms with van der Waals surface area (Å²) in [5.41, 5.74) is 7.30. The molecule has 2 aromatic rings. The lowest BCUT2D eigenvalue weighted by Crippen LogP contribution is -2.43. The fourth-order valence-corrected chi connectivity index (χ4v) is 1.66. The van der Waals surface area contributed by atoms with Gasteiger partial charge in [-0.2, -0.15) is 5.10 Å². The fraction of sp³-hybridized carbons (Fsp3) is 0.385. The smallest absolute Gasteiger partial charge is 0.272 e. The molecule has 4 N–H and O–H groups in total. The number of hydrogen-bond acceptors (Lipinski definition) is 3. The Balaban J connectivity index is 2.36. The van der Waals surface area contributed by atoms with Gasteiger partial charge in [-0.15, -0.1) is 0 Å². The number of nitrogens with two attached hydrogens (primary N) is 1. The molecule has 0 unspecified atom stereocenters. The van der Waals surface area contributed by atoms with Crippen molar-refractivity contribution in [3.63, 3.8) is 0 Å². The molecule has 0 fully saturated rings. The van der Waals surface area contributed by atoms with E-state index in [4.69, 9.17) is 5.73 Å². The van der Waals surface area contributed by atoms with Crippen molar-refractivity contribution in [1.29, 1.82) is 0 Å². The number of nitrogen functional groups attached to an aromatic ring is 1. The summed E-state index contributed by atoms with van der Waals surface area (Å²) in [5, 5.41) is 10.6. The Bertz CT molecular complexity index is 586. The van der Waals surface area contributed by atoms with E-state index >= 15 is 0 Å². The van der Waals surface area contributed by atoms with Crippen molar-refractivity contribution in [2.45, 2.75) is 32.7 Å². The van der Waals surface area contributed by atoms with Crippen molar-refractivity contribution >= 4 is 22.5 Å². The van der Waals surface area contributed by atoms with E-state index in [1.165, 1.54) is 0 Å². The SMILES string of the molecule is CCC(C)(C)NC(=O)c1n[nH]c2ccc(N)cc12. The molecular formula is C13H18N4O. The molecule has 96 valence electrons. The number of benzene rings is 1. The van der Waals surface area contributed by atoms with Gasteiger partial charge in [0.15, 0.2) is 5.69 Å². The van der Waals surface area contributed by atoms with Crippen molar-refractivity contribution in [2.24, 2.45) is 0 Å². The third-order valence-corrected chi connectivity index (χ3v) is 3.14. The van der Waals surface area contributed by atoms with Crippen LogP contribution in [0.25, 0.3) is 10.9 Å². The van der Waals surface area contributed by atoms with Crippen LogP contribution < -0.4 is 11.1 Å². The molecule has 1 heterocycles.